The normalized spacial score (nSPS) is 28.1. The Morgan fingerprint density at radius 1 is 1.47 bits per heavy atom. The zero-order valence-corrected chi connectivity index (χ0v) is 10.4. The average Bonchev–Trinajstić information content (AvgIpc) is 2.14. The zero-order chi connectivity index (χ0) is 10.7. The van der Waals surface area contributed by atoms with E-state index in [1.54, 1.807) is 0 Å². The largest absolute Gasteiger partial charge is 0.372 e. The lowest BCUT2D eigenvalue weighted by Crippen LogP contribution is -2.53. The Morgan fingerprint density at radius 3 is 2.33 bits per heavy atom. The van der Waals surface area contributed by atoms with Gasteiger partial charge in [-0.3, -0.25) is 4.79 Å². The Labute approximate surface area is 97.5 Å². The summed E-state index contributed by atoms with van der Waals surface area (Å²) in [7, 11) is 0. The van der Waals surface area contributed by atoms with Gasteiger partial charge in [-0.15, -0.1) is 12.4 Å². The highest BCUT2D eigenvalue weighted by atomic mass is 35.5. The van der Waals surface area contributed by atoms with Crippen LogP contribution >= 0.6 is 12.4 Å². The first-order chi connectivity index (χ1) is 6.54. The average molecular weight is 237 g/mol. The zero-order valence-electron chi connectivity index (χ0n) is 9.60. The molecule has 3 atom stereocenters. The molecule has 1 amide bonds. The Bertz CT molecular complexity index is 204. The first kappa shape index (κ1) is 14.7. The van der Waals surface area contributed by atoms with E-state index >= 15 is 0 Å². The van der Waals surface area contributed by atoms with Crippen LogP contribution in [0.15, 0.2) is 0 Å². The summed E-state index contributed by atoms with van der Waals surface area (Å²) in [6.45, 7) is 7.21. The van der Waals surface area contributed by atoms with Crippen LogP contribution in [0.3, 0.4) is 0 Å². The molecule has 1 fully saturated rings. The molecule has 1 heterocycles. The van der Waals surface area contributed by atoms with Crippen LogP contribution in [0.1, 0.15) is 27.2 Å². The van der Waals surface area contributed by atoms with Gasteiger partial charge in [0.25, 0.3) is 0 Å². The highest BCUT2D eigenvalue weighted by Gasteiger charge is 2.27. The van der Waals surface area contributed by atoms with Crippen molar-refractivity contribution in [1.82, 2.24) is 4.90 Å². The molecule has 1 unspecified atom stereocenters. The molecular formula is C10H21ClN2O2. The topological polar surface area (TPSA) is 55.6 Å². The molecule has 1 saturated heterocycles. The van der Waals surface area contributed by atoms with Crippen LogP contribution in [0.5, 0.6) is 0 Å². The Balaban J connectivity index is 0.00000196. The monoisotopic (exact) mass is 236 g/mol. The van der Waals surface area contributed by atoms with Crippen molar-refractivity contribution in [3.05, 3.63) is 0 Å². The van der Waals surface area contributed by atoms with E-state index in [2.05, 4.69) is 0 Å². The van der Waals surface area contributed by atoms with Crippen molar-refractivity contribution < 1.29 is 9.53 Å². The van der Waals surface area contributed by atoms with Crippen LogP contribution in [0.25, 0.3) is 0 Å². The predicted molar refractivity (Wildman–Crippen MR) is 62.1 cm³/mol. The first-order valence-electron chi connectivity index (χ1n) is 5.24. The summed E-state index contributed by atoms with van der Waals surface area (Å²) in [6.07, 6.45) is 0.928. The Morgan fingerprint density at radius 2 is 1.93 bits per heavy atom. The minimum atomic E-state index is -0.354. The third kappa shape index (κ3) is 3.97. The number of hydrogen-bond donors (Lipinski definition) is 1. The van der Waals surface area contributed by atoms with Crippen LogP contribution in [-0.4, -0.2) is 42.1 Å². The number of ether oxygens (including phenoxy) is 1. The minimum Gasteiger partial charge on any atom is -0.372 e. The molecule has 0 spiro atoms. The number of rotatable bonds is 2. The number of nitrogens with zero attached hydrogens (tertiary/aromatic N) is 1. The van der Waals surface area contributed by atoms with Gasteiger partial charge in [0.05, 0.1) is 18.2 Å². The third-order valence-electron chi connectivity index (χ3n) is 2.49. The maximum Gasteiger partial charge on any atom is 0.239 e. The lowest BCUT2D eigenvalue weighted by atomic mass is 10.1. The van der Waals surface area contributed by atoms with Crippen molar-refractivity contribution in [2.24, 2.45) is 5.73 Å². The second kappa shape index (κ2) is 6.30. The molecule has 1 rings (SSSR count). The van der Waals surface area contributed by atoms with E-state index in [4.69, 9.17) is 10.5 Å². The van der Waals surface area contributed by atoms with Gasteiger partial charge in [-0.05, 0) is 20.3 Å². The molecule has 0 radical (unpaired) electrons. The van der Waals surface area contributed by atoms with Crippen molar-refractivity contribution in [2.75, 3.05) is 13.1 Å². The first-order valence-corrected chi connectivity index (χ1v) is 5.24. The van der Waals surface area contributed by atoms with Gasteiger partial charge in [0.2, 0.25) is 5.91 Å². The van der Waals surface area contributed by atoms with E-state index in [0.717, 1.165) is 0 Å². The fraction of sp³-hybridized carbons (Fsp3) is 0.900. The second-order valence-electron chi connectivity index (χ2n) is 4.02. The maximum atomic E-state index is 11.8. The van der Waals surface area contributed by atoms with Crippen LogP contribution in [0, 0.1) is 0 Å². The van der Waals surface area contributed by atoms with Gasteiger partial charge in [-0.1, -0.05) is 6.92 Å². The highest BCUT2D eigenvalue weighted by molar-refractivity contribution is 5.85. The highest BCUT2D eigenvalue weighted by Crippen LogP contribution is 2.11. The van der Waals surface area contributed by atoms with E-state index < -0.39 is 0 Å². The Kier molecular flexibility index (Phi) is 6.17. The molecule has 15 heavy (non-hydrogen) atoms. The van der Waals surface area contributed by atoms with Crippen LogP contribution in [0.2, 0.25) is 0 Å². The summed E-state index contributed by atoms with van der Waals surface area (Å²) >= 11 is 0. The third-order valence-corrected chi connectivity index (χ3v) is 2.49. The van der Waals surface area contributed by atoms with Crippen molar-refractivity contribution in [1.29, 1.82) is 0 Å². The number of carbonyl (C=O) groups is 1. The Hall–Kier alpha value is -0.320. The van der Waals surface area contributed by atoms with Gasteiger partial charge in [-0.2, -0.15) is 0 Å². The smallest absolute Gasteiger partial charge is 0.239 e. The summed E-state index contributed by atoms with van der Waals surface area (Å²) in [5, 5.41) is 0. The van der Waals surface area contributed by atoms with Crippen LogP contribution in [0.4, 0.5) is 0 Å². The van der Waals surface area contributed by atoms with E-state index in [-0.39, 0.29) is 36.6 Å². The summed E-state index contributed by atoms with van der Waals surface area (Å²) < 4.78 is 5.55. The molecule has 2 N–H and O–H groups in total. The lowest BCUT2D eigenvalue weighted by molar-refractivity contribution is -0.144. The van der Waals surface area contributed by atoms with Crippen molar-refractivity contribution in [2.45, 2.75) is 45.4 Å². The van der Waals surface area contributed by atoms with E-state index in [9.17, 15) is 4.79 Å². The quantitative estimate of drug-likeness (QED) is 0.771. The predicted octanol–water partition coefficient (Wildman–Crippen LogP) is 0.781. The van der Waals surface area contributed by atoms with Gasteiger partial charge in [0.1, 0.15) is 0 Å². The summed E-state index contributed by atoms with van der Waals surface area (Å²) in [4.78, 5) is 13.6. The molecule has 4 nitrogen and oxygen atoms in total. The SMILES string of the molecule is CCC(N)C(=O)N1C[C@@H](C)O[C@@H](C)C1.Cl. The molecule has 1 aliphatic heterocycles. The molecule has 0 aromatic rings. The molecule has 0 aromatic heterocycles. The van der Waals surface area contributed by atoms with Crippen LogP contribution < -0.4 is 5.73 Å². The summed E-state index contributed by atoms with van der Waals surface area (Å²) in [5.41, 5.74) is 5.71. The number of halogens is 1. The van der Waals surface area contributed by atoms with Gasteiger partial charge < -0.3 is 15.4 Å². The van der Waals surface area contributed by atoms with Gasteiger partial charge in [-0.25, -0.2) is 0 Å². The van der Waals surface area contributed by atoms with Gasteiger partial charge in [0, 0.05) is 13.1 Å². The summed E-state index contributed by atoms with van der Waals surface area (Å²) in [5.74, 6) is 0.0505. The molecule has 0 aliphatic carbocycles. The fourth-order valence-electron chi connectivity index (χ4n) is 1.77. The van der Waals surface area contributed by atoms with E-state index in [1.807, 2.05) is 25.7 Å². The number of hydrogen-bond acceptors (Lipinski definition) is 3. The van der Waals surface area contributed by atoms with Gasteiger partial charge >= 0.3 is 0 Å². The summed E-state index contributed by atoms with van der Waals surface area (Å²) in [6, 6.07) is -0.354. The van der Waals surface area contributed by atoms with E-state index in [1.165, 1.54) is 0 Å². The van der Waals surface area contributed by atoms with Crippen molar-refractivity contribution in [3.63, 3.8) is 0 Å². The molecular weight excluding hydrogens is 216 g/mol. The van der Waals surface area contributed by atoms with Crippen molar-refractivity contribution >= 4 is 18.3 Å². The van der Waals surface area contributed by atoms with E-state index in [0.29, 0.717) is 19.5 Å². The lowest BCUT2D eigenvalue weighted by Gasteiger charge is -2.36. The standard InChI is InChI=1S/C10H20N2O2.ClH/c1-4-9(11)10(13)12-5-7(2)14-8(3)6-12;/h7-9H,4-6,11H2,1-3H3;1H/t7-,8+,9?;. The fourth-order valence-corrected chi connectivity index (χ4v) is 1.77. The molecule has 0 bridgehead atoms. The van der Waals surface area contributed by atoms with Crippen LogP contribution in [-0.2, 0) is 9.53 Å². The molecule has 0 aromatic carbocycles. The molecule has 90 valence electrons. The van der Waals surface area contributed by atoms with Crippen molar-refractivity contribution in [3.8, 4) is 0 Å². The van der Waals surface area contributed by atoms with Gasteiger partial charge in [0.15, 0.2) is 0 Å². The maximum absolute atomic E-state index is 11.8. The number of amides is 1. The molecule has 5 heteroatoms. The second-order valence-corrected chi connectivity index (χ2v) is 4.02. The number of carbonyl (C=O) groups excluding carboxylic acids is 1. The minimum absolute atomic E-state index is 0. The molecule has 0 saturated carbocycles. The molecule has 1 aliphatic rings. The number of nitrogens with two attached hydrogens (primary N) is 1. The number of morpholine rings is 1.